The van der Waals surface area contributed by atoms with Crippen molar-refractivity contribution in [3.05, 3.63) is 47.3 Å². The molecule has 0 spiro atoms. The summed E-state index contributed by atoms with van der Waals surface area (Å²) in [6.07, 6.45) is 1.12. The second-order valence-corrected chi connectivity index (χ2v) is 6.81. The number of rotatable bonds is 7. The van der Waals surface area contributed by atoms with Crippen molar-refractivity contribution in [2.24, 2.45) is 0 Å². The minimum absolute atomic E-state index is 0.0618. The maximum atomic E-state index is 13.1. The average molecular weight is 375 g/mol. The van der Waals surface area contributed by atoms with Gasteiger partial charge in [0.1, 0.15) is 11.6 Å². The lowest BCUT2D eigenvalue weighted by Gasteiger charge is -2.20. The van der Waals surface area contributed by atoms with Gasteiger partial charge in [-0.1, -0.05) is 12.1 Å². The number of nitrogens with one attached hydrogen (secondary N) is 1. The van der Waals surface area contributed by atoms with Gasteiger partial charge in [0, 0.05) is 46.1 Å². The third kappa shape index (κ3) is 5.11. The second-order valence-electron chi connectivity index (χ2n) is 6.81. The van der Waals surface area contributed by atoms with E-state index in [1.807, 2.05) is 19.1 Å². The predicted molar refractivity (Wildman–Crippen MR) is 98.5 cm³/mol. The van der Waals surface area contributed by atoms with Crippen LogP contribution in [0.2, 0.25) is 0 Å². The summed E-state index contributed by atoms with van der Waals surface area (Å²) in [6, 6.07) is 6.42. The summed E-state index contributed by atoms with van der Waals surface area (Å²) in [7, 11) is 1.58. The lowest BCUT2D eigenvalue weighted by molar-refractivity contribution is -0.122. The Balaban J connectivity index is 1.61. The van der Waals surface area contributed by atoms with Gasteiger partial charge in [-0.2, -0.15) is 0 Å². The zero-order valence-electron chi connectivity index (χ0n) is 15.8. The number of hydrogen-bond donors (Lipinski definition) is 1. The number of carbonyl (C=O) groups excluding carboxylic acids is 1. The number of ether oxygens (including phenoxy) is 1. The molecule has 27 heavy (non-hydrogen) atoms. The van der Waals surface area contributed by atoms with Gasteiger partial charge in [0.15, 0.2) is 5.82 Å². The SMILES string of the molecule is COCCC(=O)NC(C)c1nnc2n1CCN(Cc1ccc(F)cc1)CC2. The lowest BCUT2D eigenvalue weighted by Crippen LogP contribution is -2.30. The number of methoxy groups -OCH3 is 1. The van der Waals surface area contributed by atoms with Crippen LogP contribution in [0.4, 0.5) is 4.39 Å². The number of hydrogen-bond acceptors (Lipinski definition) is 5. The molecule has 0 saturated heterocycles. The number of nitrogens with zero attached hydrogens (tertiary/aromatic N) is 4. The molecule has 1 aliphatic heterocycles. The van der Waals surface area contributed by atoms with Crippen molar-refractivity contribution in [1.29, 1.82) is 0 Å². The number of carbonyl (C=O) groups is 1. The Bertz CT molecular complexity index is 762. The summed E-state index contributed by atoms with van der Waals surface area (Å²) >= 11 is 0. The van der Waals surface area contributed by atoms with Gasteiger partial charge in [0.05, 0.1) is 12.6 Å². The van der Waals surface area contributed by atoms with E-state index in [0.717, 1.165) is 49.8 Å². The predicted octanol–water partition coefficient (Wildman–Crippen LogP) is 1.69. The molecular weight excluding hydrogens is 349 g/mol. The Morgan fingerprint density at radius 2 is 2.04 bits per heavy atom. The highest BCUT2D eigenvalue weighted by molar-refractivity contribution is 5.76. The van der Waals surface area contributed by atoms with Gasteiger partial charge in [-0.3, -0.25) is 9.69 Å². The Labute approximate surface area is 158 Å². The van der Waals surface area contributed by atoms with Gasteiger partial charge in [-0.15, -0.1) is 10.2 Å². The number of amides is 1. The standard InChI is InChI=1S/C19H26FN5O2/c1-14(21-18(26)8-12-27-2)19-23-22-17-7-9-24(10-11-25(17)19)13-15-3-5-16(20)6-4-15/h3-6,14H,7-13H2,1-2H3,(H,21,26). The summed E-state index contributed by atoms with van der Waals surface area (Å²) in [5, 5.41) is 11.6. The fourth-order valence-electron chi connectivity index (χ4n) is 3.29. The van der Waals surface area contributed by atoms with Gasteiger partial charge >= 0.3 is 0 Å². The van der Waals surface area contributed by atoms with Crippen LogP contribution >= 0.6 is 0 Å². The molecule has 0 radical (unpaired) electrons. The van der Waals surface area contributed by atoms with Crippen LogP contribution in [-0.2, 0) is 29.0 Å². The summed E-state index contributed by atoms with van der Waals surface area (Å²) < 4.78 is 20.1. The van der Waals surface area contributed by atoms with Crippen LogP contribution in [0.1, 0.15) is 36.6 Å². The molecule has 1 aliphatic rings. The van der Waals surface area contributed by atoms with Gasteiger partial charge in [0.2, 0.25) is 5.91 Å². The fraction of sp³-hybridized carbons (Fsp3) is 0.526. The van der Waals surface area contributed by atoms with E-state index in [2.05, 4.69) is 25.0 Å². The Morgan fingerprint density at radius 1 is 1.26 bits per heavy atom. The van der Waals surface area contributed by atoms with Crippen LogP contribution < -0.4 is 5.32 Å². The number of benzene rings is 1. The van der Waals surface area contributed by atoms with E-state index in [9.17, 15) is 9.18 Å². The molecule has 1 atom stereocenters. The van der Waals surface area contributed by atoms with Crippen LogP contribution in [0.15, 0.2) is 24.3 Å². The number of fused-ring (bicyclic) bond motifs is 1. The van der Waals surface area contributed by atoms with E-state index in [-0.39, 0.29) is 17.8 Å². The second kappa shape index (κ2) is 9.05. The van der Waals surface area contributed by atoms with Gasteiger partial charge in [-0.25, -0.2) is 4.39 Å². The topological polar surface area (TPSA) is 72.3 Å². The monoisotopic (exact) mass is 375 g/mol. The molecule has 0 fully saturated rings. The first-order chi connectivity index (χ1) is 13.1. The van der Waals surface area contributed by atoms with Gasteiger partial charge < -0.3 is 14.6 Å². The van der Waals surface area contributed by atoms with Gasteiger partial charge in [0.25, 0.3) is 0 Å². The van der Waals surface area contributed by atoms with E-state index in [1.165, 1.54) is 12.1 Å². The first-order valence-corrected chi connectivity index (χ1v) is 9.24. The summed E-state index contributed by atoms with van der Waals surface area (Å²) in [6.45, 7) is 5.57. The molecule has 0 aliphatic carbocycles. The first kappa shape index (κ1) is 19.4. The van der Waals surface area contributed by atoms with Crippen molar-refractivity contribution in [2.75, 3.05) is 26.8 Å². The highest BCUT2D eigenvalue weighted by Gasteiger charge is 2.22. The molecule has 1 amide bonds. The molecule has 1 unspecified atom stereocenters. The molecule has 2 aromatic rings. The maximum Gasteiger partial charge on any atom is 0.222 e. The highest BCUT2D eigenvalue weighted by atomic mass is 19.1. The molecule has 1 aromatic carbocycles. The Morgan fingerprint density at radius 3 is 2.78 bits per heavy atom. The molecule has 0 bridgehead atoms. The van der Waals surface area contributed by atoms with E-state index >= 15 is 0 Å². The molecular formula is C19H26FN5O2. The van der Waals surface area contributed by atoms with Crippen molar-refractivity contribution in [3.63, 3.8) is 0 Å². The van der Waals surface area contributed by atoms with Crippen LogP contribution in [0, 0.1) is 5.82 Å². The Kier molecular flexibility index (Phi) is 6.52. The van der Waals surface area contributed by atoms with Crippen molar-refractivity contribution < 1.29 is 13.9 Å². The molecule has 146 valence electrons. The molecule has 8 heteroatoms. The van der Waals surface area contributed by atoms with E-state index < -0.39 is 0 Å². The molecule has 7 nitrogen and oxygen atoms in total. The Hall–Kier alpha value is -2.32. The first-order valence-electron chi connectivity index (χ1n) is 9.24. The zero-order valence-corrected chi connectivity index (χ0v) is 15.8. The zero-order chi connectivity index (χ0) is 19.2. The summed E-state index contributed by atoms with van der Waals surface area (Å²) in [4.78, 5) is 14.3. The molecule has 1 aromatic heterocycles. The maximum absolute atomic E-state index is 13.1. The molecule has 0 saturated carbocycles. The van der Waals surface area contributed by atoms with Crippen LogP contribution in [0.3, 0.4) is 0 Å². The van der Waals surface area contributed by atoms with Crippen molar-refractivity contribution >= 4 is 5.91 Å². The minimum Gasteiger partial charge on any atom is -0.384 e. The quantitative estimate of drug-likeness (QED) is 0.797. The number of aromatic nitrogens is 3. The largest absolute Gasteiger partial charge is 0.384 e. The fourth-order valence-corrected chi connectivity index (χ4v) is 3.29. The normalized spacial score (nSPS) is 15.8. The molecule has 2 heterocycles. The lowest BCUT2D eigenvalue weighted by atomic mass is 10.2. The number of halogens is 1. The van der Waals surface area contributed by atoms with E-state index in [1.54, 1.807) is 7.11 Å². The van der Waals surface area contributed by atoms with E-state index in [0.29, 0.717) is 13.0 Å². The van der Waals surface area contributed by atoms with Crippen molar-refractivity contribution in [2.45, 2.75) is 38.9 Å². The van der Waals surface area contributed by atoms with Crippen LogP contribution in [0.5, 0.6) is 0 Å². The van der Waals surface area contributed by atoms with E-state index in [4.69, 9.17) is 4.74 Å². The third-order valence-corrected chi connectivity index (χ3v) is 4.76. The average Bonchev–Trinajstić information content (AvgIpc) is 2.97. The smallest absolute Gasteiger partial charge is 0.222 e. The van der Waals surface area contributed by atoms with Crippen molar-refractivity contribution in [3.8, 4) is 0 Å². The minimum atomic E-state index is -0.216. The van der Waals surface area contributed by atoms with Crippen LogP contribution in [-0.4, -0.2) is 52.4 Å². The van der Waals surface area contributed by atoms with Crippen molar-refractivity contribution in [1.82, 2.24) is 25.0 Å². The van der Waals surface area contributed by atoms with Crippen LogP contribution in [0.25, 0.3) is 0 Å². The highest BCUT2D eigenvalue weighted by Crippen LogP contribution is 2.17. The molecule has 1 N–H and O–H groups in total. The van der Waals surface area contributed by atoms with Gasteiger partial charge in [-0.05, 0) is 24.6 Å². The third-order valence-electron chi connectivity index (χ3n) is 4.76. The summed E-state index contributed by atoms with van der Waals surface area (Å²) in [5.41, 5.74) is 1.09. The molecule has 3 rings (SSSR count). The summed E-state index contributed by atoms with van der Waals surface area (Å²) in [5.74, 6) is 1.43.